The monoisotopic (exact) mass is 176 g/mol. The first kappa shape index (κ1) is 9.92. The molecule has 0 aromatic carbocycles. The number of ether oxygens (including phenoxy) is 1. The molecule has 0 spiro atoms. The van der Waals surface area contributed by atoms with E-state index in [2.05, 4.69) is 0 Å². The summed E-state index contributed by atoms with van der Waals surface area (Å²) in [6.45, 7) is 3.55. The van der Waals surface area contributed by atoms with Crippen LogP contribution in [0.3, 0.4) is 0 Å². The minimum absolute atomic E-state index is 0.363. The molecule has 5 atom stereocenters. The fourth-order valence-corrected chi connectivity index (χ4v) is 1.47. The Morgan fingerprint density at radius 2 is 1.67 bits per heavy atom. The molecule has 1 fully saturated rings. The van der Waals surface area contributed by atoms with Crippen molar-refractivity contribution in [2.75, 3.05) is 0 Å². The van der Waals surface area contributed by atoms with Crippen molar-refractivity contribution in [3.05, 3.63) is 0 Å². The van der Waals surface area contributed by atoms with Gasteiger partial charge in [0.05, 0.1) is 12.2 Å². The molecule has 1 saturated heterocycles. The lowest BCUT2D eigenvalue weighted by atomic mass is 9.94. The summed E-state index contributed by atoms with van der Waals surface area (Å²) in [4.78, 5) is 0. The van der Waals surface area contributed by atoms with Crippen LogP contribution in [0.5, 0.6) is 0 Å². The van der Waals surface area contributed by atoms with E-state index in [0.717, 1.165) is 0 Å². The highest BCUT2D eigenvalue weighted by Crippen LogP contribution is 2.22. The van der Waals surface area contributed by atoms with Gasteiger partial charge < -0.3 is 20.1 Å². The lowest BCUT2D eigenvalue weighted by molar-refractivity contribution is -0.217. The van der Waals surface area contributed by atoms with E-state index in [0.29, 0.717) is 6.42 Å². The van der Waals surface area contributed by atoms with Crippen LogP contribution in [-0.4, -0.2) is 45.8 Å². The molecular formula is C8H16O4. The molecule has 4 nitrogen and oxygen atoms in total. The van der Waals surface area contributed by atoms with Gasteiger partial charge in [-0.05, 0) is 13.3 Å². The lowest BCUT2D eigenvalue weighted by Crippen LogP contribution is -2.56. The Hall–Kier alpha value is -0.160. The van der Waals surface area contributed by atoms with Crippen LogP contribution >= 0.6 is 0 Å². The Morgan fingerprint density at radius 3 is 2.17 bits per heavy atom. The third-order valence-electron chi connectivity index (χ3n) is 2.35. The molecule has 0 radical (unpaired) electrons. The van der Waals surface area contributed by atoms with Crippen molar-refractivity contribution in [2.45, 2.75) is 50.8 Å². The molecule has 0 aliphatic carbocycles. The zero-order valence-electron chi connectivity index (χ0n) is 7.34. The van der Waals surface area contributed by atoms with Crippen LogP contribution < -0.4 is 0 Å². The van der Waals surface area contributed by atoms with Crippen LogP contribution in [0.2, 0.25) is 0 Å². The van der Waals surface area contributed by atoms with Crippen LogP contribution in [0.25, 0.3) is 0 Å². The van der Waals surface area contributed by atoms with E-state index in [1.165, 1.54) is 0 Å². The summed E-state index contributed by atoms with van der Waals surface area (Å²) in [6.07, 6.45) is -3.18. The Morgan fingerprint density at radius 1 is 1.08 bits per heavy atom. The molecule has 72 valence electrons. The average molecular weight is 176 g/mol. The molecule has 1 rings (SSSR count). The van der Waals surface area contributed by atoms with Crippen LogP contribution in [0.15, 0.2) is 0 Å². The normalized spacial score (nSPS) is 49.2. The molecule has 1 heterocycles. The second-order valence-corrected chi connectivity index (χ2v) is 3.26. The van der Waals surface area contributed by atoms with Gasteiger partial charge in [-0.25, -0.2) is 0 Å². The van der Waals surface area contributed by atoms with Crippen molar-refractivity contribution in [1.82, 2.24) is 0 Å². The minimum Gasteiger partial charge on any atom is -0.388 e. The summed E-state index contributed by atoms with van der Waals surface area (Å²) in [5.41, 5.74) is 0. The topological polar surface area (TPSA) is 69.9 Å². The highest BCUT2D eigenvalue weighted by Gasteiger charge is 2.40. The molecular weight excluding hydrogens is 160 g/mol. The number of hydrogen-bond acceptors (Lipinski definition) is 4. The van der Waals surface area contributed by atoms with Crippen LogP contribution in [0.1, 0.15) is 20.3 Å². The molecule has 1 aliphatic heterocycles. The summed E-state index contributed by atoms with van der Waals surface area (Å²) in [6, 6.07) is 0. The zero-order valence-corrected chi connectivity index (χ0v) is 7.34. The maximum absolute atomic E-state index is 9.39. The van der Waals surface area contributed by atoms with Crippen molar-refractivity contribution >= 4 is 0 Å². The molecule has 0 bridgehead atoms. The maximum Gasteiger partial charge on any atom is 0.111 e. The van der Waals surface area contributed by atoms with Gasteiger partial charge in [-0.2, -0.15) is 0 Å². The number of aliphatic hydroxyl groups is 3. The van der Waals surface area contributed by atoms with Crippen LogP contribution in [0.4, 0.5) is 0 Å². The van der Waals surface area contributed by atoms with E-state index >= 15 is 0 Å². The van der Waals surface area contributed by atoms with Gasteiger partial charge in [-0.15, -0.1) is 0 Å². The third kappa shape index (κ3) is 1.61. The molecule has 4 heteroatoms. The van der Waals surface area contributed by atoms with Crippen LogP contribution in [-0.2, 0) is 4.74 Å². The van der Waals surface area contributed by atoms with Gasteiger partial charge in [0.25, 0.3) is 0 Å². The zero-order chi connectivity index (χ0) is 9.30. The van der Waals surface area contributed by atoms with Gasteiger partial charge in [0.2, 0.25) is 0 Å². The van der Waals surface area contributed by atoms with E-state index in [1.807, 2.05) is 6.92 Å². The van der Waals surface area contributed by atoms with Gasteiger partial charge in [-0.1, -0.05) is 6.92 Å². The van der Waals surface area contributed by atoms with Gasteiger partial charge in [0, 0.05) is 0 Å². The predicted octanol–water partition coefficient (Wildman–Crippen LogP) is -0.734. The van der Waals surface area contributed by atoms with Gasteiger partial charge in [0.15, 0.2) is 0 Å². The summed E-state index contributed by atoms with van der Waals surface area (Å²) >= 11 is 0. The third-order valence-corrected chi connectivity index (χ3v) is 2.35. The predicted molar refractivity (Wildman–Crippen MR) is 42.6 cm³/mol. The average Bonchev–Trinajstić information content (AvgIpc) is 2.08. The first-order chi connectivity index (χ1) is 5.57. The molecule has 0 amide bonds. The fraction of sp³-hybridized carbons (Fsp3) is 1.00. The summed E-state index contributed by atoms with van der Waals surface area (Å²) in [5.74, 6) is 0. The van der Waals surface area contributed by atoms with Gasteiger partial charge >= 0.3 is 0 Å². The highest BCUT2D eigenvalue weighted by atomic mass is 16.5. The standard InChI is InChI=1S/C8H16O4/c1-3-5-7(10)8(11)6(9)4(2)12-5/h4-11H,3H2,1-2H3/t4-,5+,6-,7-,8+/m0/s1. The van der Waals surface area contributed by atoms with Crippen molar-refractivity contribution in [3.8, 4) is 0 Å². The Labute approximate surface area is 71.8 Å². The fourth-order valence-electron chi connectivity index (χ4n) is 1.47. The largest absolute Gasteiger partial charge is 0.388 e. The van der Waals surface area contributed by atoms with Crippen molar-refractivity contribution in [3.63, 3.8) is 0 Å². The molecule has 12 heavy (non-hydrogen) atoms. The van der Waals surface area contributed by atoms with E-state index < -0.39 is 24.4 Å². The van der Waals surface area contributed by atoms with Crippen molar-refractivity contribution in [2.24, 2.45) is 0 Å². The van der Waals surface area contributed by atoms with E-state index in [9.17, 15) is 15.3 Å². The number of hydrogen-bond donors (Lipinski definition) is 3. The lowest BCUT2D eigenvalue weighted by Gasteiger charge is -2.39. The SMILES string of the molecule is CC[C@H]1O[C@@H](C)[C@H](O)[C@@H](O)[C@H]1O. The van der Waals surface area contributed by atoms with E-state index in [1.54, 1.807) is 6.92 Å². The second-order valence-electron chi connectivity index (χ2n) is 3.26. The van der Waals surface area contributed by atoms with Gasteiger partial charge in [0.1, 0.15) is 18.3 Å². The summed E-state index contributed by atoms with van der Waals surface area (Å²) < 4.78 is 5.27. The summed E-state index contributed by atoms with van der Waals surface area (Å²) in [5, 5.41) is 28.0. The van der Waals surface area contributed by atoms with E-state index in [-0.39, 0.29) is 6.10 Å². The molecule has 0 unspecified atom stereocenters. The van der Waals surface area contributed by atoms with Crippen molar-refractivity contribution < 1.29 is 20.1 Å². The second kappa shape index (κ2) is 3.70. The smallest absolute Gasteiger partial charge is 0.111 e. The maximum atomic E-state index is 9.39. The Kier molecular flexibility index (Phi) is 3.06. The van der Waals surface area contributed by atoms with Crippen LogP contribution in [0, 0.1) is 0 Å². The molecule has 1 aliphatic rings. The first-order valence-electron chi connectivity index (χ1n) is 4.27. The molecule has 0 aromatic heterocycles. The number of rotatable bonds is 1. The Balaban J connectivity index is 2.63. The Bertz CT molecular complexity index is 145. The number of aliphatic hydroxyl groups excluding tert-OH is 3. The molecule has 0 aromatic rings. The molecule has 3 N–H and O–H groups in total. The molecule has 0 saturated carbocycles. The van der Waals surface area contributed by atoms with E-state index in [4.69, 9.17) is 4.74 Å². The highest BCUT2D eigenvalue weighted by molar-refractivity contribution is 4.89. The van der Waals surface area contributed by atoms with Gasteiger partial charge in [-0.3, -0.25) is 0 Å². The minimum atomic E-state index is -1.08. The van der Waals surface area contributed by atoms with Crippen molar-refractivity contribution in [1.29, 1.82) is 0 Å². The summed E-state index contributed by atoms with van der Waals surface area (Å²) in [7, 11) is 0. The quantitative estimate of drug-likeness (QED) is 0.492. The first-order valence-corrected chi connectivity index (χ1v) is 4.27.